The summed E-state index contributed by atoms with van der Waals surface area (Å²) in [6.07, 6.45) is -0.0968. The largest absolute Gasteiger partial charge is 0.465 e. The molecule has 0 aromatic heterocycles. The molecule has 1 aromatic carbocycles. The van der Waals surface area contributed by atoms with E-state index in [0.29, 0.717) is 13.2 Å². The van der Waals surface area contributed by atoms with Gasteiger partial charge in [0.2, 0.25) is 0 Å². The number of esters is 1. The van der Waals surface area contributed by atoms with E-state index >= 15 is 0 Å². The first kappa shape index (κ1) is 13.6. The minimum absolute atomic E-state index is 0.0968. The molecule has 2 rings (SSSR count). The zero-order valence-corrected chi connectivity index (χ0v) is 11.3. The van der Waals surface area contributed by atoms with Crippen molar-refractivity contribution in [2.75, 3.05) is 26.8 Å². The highest BCUT2D eigenvalue weighted by molar-refractivity contribution is 6.39. The average Bonchev–Trinajstić information content (AvgIpc) is 2.38. The van der Waals surface area contributed by atoms with Crippen LogP contribution in [0.15, 0.2) is 12.1 Å². The fraction of sp³-hybridized carbons (Fsp3) is 0.417. The van der Waals surface area contributed by atoms with Crippen LogP contribution in [0.4, 0.5) is 0 Å². The molecule has 6 heteroatoms. The molecule has 0 bridgehead atoms. The zero-order valence-electron chi connectivity index (χ0n) is 9.83. The Morgan fingerprint density at radius 1 is 1.44 bits per heavy atom. The monoisotopic (exact) mass is 289 g/mol. The smallest absolute Gasteiger partial charge is 0.340 e. The highest BCUT2D eigenvalue weighted by Crippen LogP contribution is 2.31. The summed E-state index contributed by atoms with van der Waals surface area (Å²) in [5.41, 5.74) is 1.04. The van der Waals surface area contributed by atoms with E-state index in [1.807, 2.05) is 0 Å². The summed E-state index contributed by atoms with van der Waals surface area (Å²) in [5.74, 6) is -0.542. The summed E-state index contributed by atoms with van der Waals surface area (Å²) >= 11 is 12.1. The number of nitrogens with one attached hydrogen (secondary N) is 1. The zero-order chi connectivity index (χ0) is 13.1. The lowest BCUT2D eigenvalue weighted by atomic mass is 10.1. The number of carbonyl (C=O) groups is 1. The fourth-order valence-corrected chi connectivity index (χ4v) is 2.51. The molecule has 0 aliphatic carbocycles. The predicted octanol–water partition coefficient (Wildman–Crippen LogP) is 2.44. The van der Waals surface area contributed by atoms with Crippen LogP contribution in [0.1, 0.15) is 22.0 Å². The maximum absolute atomic E-state index is 11.5. The summed E-state index contributed by atoms with van der Waals surface area (Å²) in [5, 5.41) is 3.77. The number of carbonyl (C=O) groups excluding carboxylic acids is 1. The van der Waals surface area contributed by atoms with Gasteiger partial charge in [0.25, 0.3) is 0 Å². The van der Waals surface area contributed by atoms with Gasteiger partial charge >= 0.3 is 5.97 Å². The van der Waals surface area contributed by atoms with Crippen molar-refractivity contribution in [1.29, 1.82) is 0 Å². The molecule has 0 spiro atoms. The summed E-state index contributed by atoms with van der Waals surface area (Å²) < 4.78 is 10.2. The number of morpholine rings is 1. The van der Waals surface area contributed by atoms with Crippen LogP contribution in [-0.2, 0) is 9.47 Å². The number of methoxy groups -OCH3 is 1. The van der Waals surface area contributed by atoms with Gasteiger partial charge in [0, 0.05) is 13.1 Å². The van der Waals surface area contributed by atoms with E-state index in [1.54, 1.807) is 12.1 Å². The molecule has 1 aromatic rings. The number of halogens is 2. The molecule has 0 saturated carbocycles. The van der Waals surface area contributed by atoms with Gasteiger partial charge in [-0.25, -0.2) is 4.79 Å². The van der Waals surface area contributed by atoms with Gasteiger partial charge < -0.3 is 14.8 Å². The Kier molecular flexibility index (Phi) is 4.45. The second-order valence-electron chi connectivity index (χ2n) is 3.91. The van der Waals surface area contributed by atoms with Gasteiger partial charge in [-0.1, -0.05) is 23.2 Å². The number of ether oxygens (including phenoxy) is 2. The van der Waals surface area contributed by atoms with Crippen LogP contribution in [0.3, 0.4) is 0 Å². The molecule has 1 aliphatic heterocycles. The van der Waals surface area contributed by atoms with Gasteiger partial charge in [-0.05, 0) is 17.7 Å². The Hall–Kier alpha value is -0.810. The number of benzene rings is 1. The molecule has 1 fully saturated rings. The Morgan fingerprint density at radius 3 is 2.61 bits per heavy atom. The van der Waals surface area contributed by atoms with Crippen molar-refractivity contribution in [3.8, 4) is 0 Å². The van der Waals surface area contributed by atoms with Crippen LogP contribution in [0.2, 0.25) is 10.0 Å². The highest BCUT2D eigenvalue weighted by Gasteiger charge is 2.21. The fourth-order valence-electron chi connectivity index (χ4n) is 1.86. The predicted molar refractivity (Wildman–Crippen MR) is 69.4 cm³/mol. The van der Waals surface area contributed by atoms with Crippen LogP contribution < -0.4 is 5.32 Å². The molecule has 1 heterocycles. The van der Waals surface area contributed by atoms with E-state index in [0.717, 1.165) is 12.1 Å². The normalized spacial score (nSPS) is 19.6. The number of rotatable bonds is 2. The maximum Gasteiger partial charge on any atom is 0.340 e. The maximum atomic E-state index is 11.5. The third kappa shape index (κ3) is 2.78. The molecule has 18 heavy (non-hydrogen) atoms. The highest BCUT2D eigenvalue weighted by atomic mass is 35.5. The molecule has 0 radical (unpaired) electrons. The van der Waals surface area contributed by atoms with Crippen molar-refractivity contribution in [1.82, 2.24) is 5.32 Å². The van der Waals surface area contributed by atoms with E-state index in [2.05, 4.69) is 10.1 Å². The molecular weight excluding hydrogens is 277 g/mol. The SMILES string of the molecule is COC(=O)c1c(Cl)cc(C2CNCCO2)cc1Cl. The standard InChI is InChI=1S/C12H13Cl2NO3/c1-17-12(16)11-8(13)4-7(5-9(11)14)10-6-15-2-3-18-10/h4-5,10,15H,2-3,6H2,1H3. The van der Waals surface area contributed by atoms with Gasteiger partial charge in [0.1, 0.15) is 0 Å². The molecule has 1 aliphatic rings. The Morgan fingerprint density at radius 2 is 2.11 bits per heavy atom. The molecule has 1 N–H and O–H groups in total. The Bertz CT molecular complexity index is 436. The van der Waals surface area contributed by atoms with Gasteiger partial charge in [-0.15, -0.1) is 0 Å². The van der Waals surface area contributed by atoms with E-state index in [-0.39, 0.29) is 21.7 Å². The minimum atomic E-state index is -0.542. The summed E-state index contributed by atoms with van der Waals surface area (Å²) in [6.45, 7) is 2.17. The van der Waals surface area contributed by atoms with Gasteiger partial charge in [0.05, 0.1) is 35.4 Å². The second-order valence-corrected chi connectivity index (χ2v) is 4.73. The van der Waals surface area contributed by atoms with Gasteiger partial charge in [-0.2, -0.15) is 0 Å². The third-order valence-corrected chi connectivity index (χ3v) is 3.35. The van der Waals surface area contributed by atoms with Crippen molar-refractivity contribution in [2.24, 2.45) is 0 Å². The lowest BCUT2D eigenvalue weighted by Crippen LogP contribution is -2.33. The van der Waals surface area contributed by atoms with Crippen molar-refractivity contribution >= 4 is 29.2 Å². The Labute approximate surface area is 115 Å². The van der Waals surface area contributed by atoms with Crippen molar-refractivity contribution in [3.05, 3.63) is 33.3 Å². The molecule has 1 saturated heterocycles. The molecule has 98 valence electrons. The van der Waals surface area contributed by atoms with Crippen LogP contribution in [0.5, 0.6) is 0 Å². The second kappa shape index (κ2) is 5.89. The average molecular weight is 290 g/mol. The first-order valence-corrected chi connectivity index (χ1v) is 6.28. The minimum Gasteiger partial charge on any atom is -0.465 e. The topological polar surface area (TPSA) is 47.6 Å². The lowest BCUT2D eigenvalue weighted by Gasteiger charge is -2.24. The van der Waals surface area contributed by atoms with Crippen LogP contribution in [-0.4, -0.2) is 32.8 Å². The van der Waals surface area contributed by atoms with Gasteiger partial charge in [-0.3, -0.25) is 0 Å². The number of hydrogen-bond donors (Lipinski definition) is 1. The quantitative estimate of drug-likeness (QED) is 0.850. The van der Waals surface area contributed by atoms with Crippen molar-refractivity contribution in [3.63, 3.8) is 0 Å². The van der Waals surface area contributed by atoms with E-state index < -0.39 is 5.97 Å². The molecule has 1 atom stereocenters. The van der Waals surface area contributed by atoms with Gasteiger partial charge in [0.15, 0.2) is 0 Å². The summed E-state index contributed by atoms with van der Waals surface area (Å²) in [7, 11) is 1.29. The van der Waals surface area contributed by atoms with Crippen LogP contribution in [0.25, 0.3) is 0 Å². The first-order chi connectivity index (χ1) is 8.63. The van der Waals surface area contributed by atoms with Crippen LogP contribution >= 0.6 is 23.2 Å². The number of hydrogen-bond acceptors (Lipinski definition) is 4. The first-order valence-electron chi connectivity index (χ1n) is 5.53. The van der Waals surface area contributed by atoms with Crippen LogP contribution in [0, 0.1) is 0 Å². The van der Waals surface area contributed by atoms with E-state index in [1.165, 1.54) is 7.11 Å². The summed E-state index contributed by atoms with van der Waals surface area (Å²) in [4.78, 5) is 11.5. The molecule has 0 amide bonds. The third-order valence-electron chi connectivity index (χ3n) is 2.75. The van der Waals surface area contributed by atoms with Crippen molar-refractivity contribution in [2.45, 2.75) is 6.10 Å². The van der Waals surface area contributed by atoms with Crippen molar-refractivity contribution < 1.29 is 14.3 Å². The Balaban J connectivity index is 2.32. The van der Waals surface area contributed by atoms with E-state index in [9.17, 15) is 4.79 Å². The summed E-state index contributed by atoms with van der Waals surface area (Å²) in [6, 6.07) is 3.38. The molecule has 1 unspecified atom stereocenters. The molecule has 4 nitrogen and oxygen atoms in total. The lowest BCUT2D eigenvalue weighted by molar-refractivity contribution is 0.0276. The van der Waals surface area contributed by atoms with E-state index in [4.69, 9.17) is 27.9 Å². The molecular formula is C12H13Cl2NO3.